The molecular weight excluding hydrogens is 376 g/mol. The molecule has 28 heavy (non-hydrogen) atoms. The maximum atomic E-state index is 12.7. The summed E-state index contributed by atoms with van der Waals surface area (Å²) in [6, 6.07) is 10.7. The minimum atomic E-state index is -3.41. The van der Waals surface area contributed by atoms with Crippen molar-refractivity contribution in [2.24, 2.45) is 0 Å². The molecule has 6 nitrogen and oxygen atoms in total. The van der Waals surface area contributed by atoms with Crippen molar-refractivity contribution in [2.45, 2.75) is 50.5 Å². The van der Waals surface area contributed by atoms with Crippen LogP contribution in [0.4, 0.5) is 0 Å². The van der Waals surface area contributed by atoms with Crippen LogP contribution in [-0.2, 0) is 27.8 Å². The second-order valence-corrected chi connectivity index (χ2v) is 9.31. The Morgan fingerprint density at radius 3 is 2.36 bits per heavy atom. The highest BCUT2D eigenvalue weighted by Gasteiger charge is 2.25. The van der Waals surface area contributed by atoms with E-state index in [9.17, 15) is 13.2 Å². The lowest BCUT2D eigenvalue weighted by atomic mass is 10.1. The van der Waals surface area contributed by atoms with Gasteiger partial charge in [-0.15, -0.1) is 0 Å². The Balaban J connectivity index is 1.54. The van der Waals surface area contributed by atoms with Crippen LogP contribution in [0.3, 0.4) is 0 Å². The molecule has 1 aromatic carbocycles. The van der Waals surface area contributed by atoms with E-state index in [-0.39, 0.29) is 5.91 Å². The summed E-state index contributed by atoms with van der Waals surface area (Å²) < 4.78 is 32.4. The van der Waals surface area contributed by atoms with Gasteiger partial charge in [-0.1, -0.05) is 18.6 Å². The first-order valence-corrected chi connectivity index (χ1v) is 11.2. The fraction of sp³-hybridized carbons (Fsp3) is 0.476. The molecule has 0 saturated carbocycles. The van der Waals surface area contributed by atoms with Crippen molar-refractivity contribution in [3.8, 4) is 0 Å². The third kappa shape index (κ3) is 5.02. The molecule has 1 aromatic heterocycles. The van der Waals surface area contributed by atoms with E-state index in [2.05, 4.69) is 0 Å². The molecule has 1 fully saturated rings. The van der Waals surface area contributed by atoms with Crippen LogP contribution in [0.25, 0.3) is 0 Å². The van der Waals surface area contributed by atoms with Crippen LogP contribution in [-0.4, -0.2) is 43.7 Å². The smallest absolute Gasteiger partial charge is 0.243 e. The highest BCUT2D eigenvalue weighted by molar-refractivity contribution is 7.89. The molecule has 1 amide bonds. The van der Waals surface area contributed by atoms with Gasteiger partial charge in [0.15, 0.2) is 0 Å². The van der Waals surface area contributed by atoms with Crippen LogP contribution < -0.4 is 0 Å². The first-order chi connectivity index (χ1) is 13.4. The number of benzene rings is 1. The Morgan fingerprint density at radius 1 is 1.07 bits per heavy atom. The maximum Gasteiger partial charge on any atom is 0.243 e. The first-order valence-electron chi connectivity index (χ1n) is 9.74. The molecule has 0 unspecified atom stereocenters. The third-order valence-corrected chi connectivity index (χ3v) is 7.03. The van der Waals surface area contributed by atoms with Gasteiger partial charge in [-0.25, -0.2) is 8.42 Å². The van der Waals surface area contributed by atoms with Gasteiger partial charge in [-0.3, -0.25) is 4.79 Å². The standard InChI is InChI=1S/C21H28N2O4S/c1-17-6-10-19(27-17)16-22(2)21(24)13-9-18-7-11-20(12-8-18)28(25,26)23-14-4-3-5-15-23/h6-8,10-12H,3-5,9,13-16H2,1-2H3. The van der Waals surface area contributed by atoms with E-state index in [0.29, 0.717) is 37.4 Å². The zero-order chi connectivity index (χ0) is 20.1. The summed E-state index contributed by atoms with van der Waals surface area (Å²) in [7, 11) is -1.65. The van der Waals surface area contributed by atoms with Crippen LogP contribution >= 0.6 is 0 Å². The number of amides is 1. The van der Waals surface area contributed by atoms with Gasteiger partial charge in [0.25, 0.3) is 0 Å². The molecule has 0 N–H and O–H groups in total. The van der Waals surface area contributed by atoms with Crippen molar-refractivity contribution in [2.75, 3.05) is 20.1 Å². The number of rotatable bonds is 7. The van der Waals surface area contributed by atoms with E-state index in [1.54, 1.807) is 40.5 Å². The molecular formula is C21H28N2O4S. The molecule has 2 aromatic rings. The van der Waals surface area contributed by atoms with Gasteiger partial charge in [-0.05, 0) is 56.0 Å². The highest BCUT2D eigenvalue weighted by Crippen LogP contribution is 2.21. The zero-order valence-electron chi connectivity index (χ0n) is 16.6. The molecule has 1 aliphatic rings. The van der Waals surface area contributed by atoms with Crippen molar-refractivity contribution in [1.82, 2.24) is 9.21 Å². The van der Waals surface area contributed by atoms with Crippen LogP contribution in [0.15, 0.2) is 45.7 Å². The highest BCUT2D eigenvalue weighted by atomic mass is 32.2. The largest absolute Gasteiger partial charge is 0.464 e. The van der Waals surface area contributed by atoms with Crippen molar-refractivity contribution in [3.63, 3.8) is 0 Å². The van der Waals surface area contributed by atoms with Gasteiger partial charge in [0.05, 0.1) is 11.4 Å². The molecule has 152 valence electrons. The Bertz CT molecular complexity index is 897. The lowest BCUT2D eigenvalue weighted by Crippen LogP contribution is -2.35. The second-order valence-electron chi connectivity index (χ2n) is 7.37. The number of furan rings is 1. The van der Waals surface area contributed by atoms with Crippen molar-refractivity contribution < 1.29 is 17.6 Å². The van der Waals surface area contributed by atoms with E-state index < -0.39 is 10.0 Å². The Hall–Kier alpha value is -2.12. The van der Waals surface area contributed by atoms with Crippen molar-refractivity contribution in [1.29, 1.82) is 0 Å². The van der Waals surface area contributed by atoms with Gasteiger partial charge < -0.3 is 9.32 Å². The van der Waals surface area contributed by atoms with Crippen molar-refractivity contribution >= 4 is 15.9 Å². The van der Waals surface area contributed by atoms with Gasteiger partial charge >= 0.3 is 0 Å². The quantitative estimate of drug-likeness (QED) is 0.709. The SMILES string of the molecule is Cc1ccc(CN(C)C(=O)CCc2ccc(S(=O)(=O)N3CCCCC3)cc2)o1. The number of hydrogen-bond acceptors (Lipinski definition) is 4. The predicted octanol–water partition coefficient (Wildman–Crippen LogP) is 3.35. The molecule has 0 bridgehead atoms. The molecule has 0 radical (unpaired) electrons. The number of carbonyl (C=O) groups excluding carboxylic acids is 1. The van der Waals surface area contributed by atoms with E-state index in [1.807, 2.05) is 19.1 Å². The molecule has 3 rings (SSSR count). The van der Waals surface area contributed by atoms with E-state index in [4.69, 9.17) is 4.42 Å². The normalized spacial score (nSPS) is 15.5. The summed E-state index contributed by atoms with van der Waals surface area (Å²) in [5.74, 6) is 1.62. The Labute approximate surface area is 167 Å². The second kappa shape index (κ2) is 8.92. The lowest BCUT2D eigenvalue weighted by molar-refractivity contribution is -0.130. The number of sulfonamides is 1. The topological polar surface area (TPSA) is 70.8 Å². The van der Waals surface area contributed by atoms with Gasteiger partial charge in [0, 0.05) is 26.6 Å². The Kier molecular flexibility index (Phi) is 6.57. The lowest BCUT2D eigenvalue weighted by Gasteiger charge is -2.25. The number of carbonyl (C=O) groups is 1. The minimum absolute atomic E-state index is 0.0269. The van der Waals surface area contributed by atoms with E-state index in [0.717, 1.165) is 36.3 Å². The molecule has 2 heterocycles. The van der Waals surface area contributed by atoms with Crippen LogP contribution in [0, 0.1) is 6.92 Å². The third-order valence-electron chi connectivity index (χ3n) is 5.12. The van der Waals surface area contributed by atoms with Gasteiger partial charge in [-0.2, -0.15) is 4.31 Å². The summed E-state index contributed by atoms with van der Waals surface area (Å²) in [6.45, 7) is 3.51. The van der Waals surface area contributed by atoms with Crippen molar-refractivity contribution in [3.05, 3.63) is 53.5 Å². The summed E-state index contributed by atoms with van der Waals surface area (Å²) in [6.07, 6.45) is 3.88. The summed E-state index contributed by atoms with van der Waals surface area (Å²) in [5.41, 5.74) is 0.952. The fourth-order valence-corrected chi connectivity index (χ4v) is 4.93. The fourth-order valence-electron chi connectivity index (χ4n) is 3.42. The molecule has 0 aliphatic carbocycles. The zero-order valence-corrected chi connectivity index (χ0v) is 17.4. The first kappa shape index (κ1) is 20.6. The monoisotopic (exact) mass is 404 g/mol. The number of aryl methyl sites for hydroxylation is 2. The number of nitrogens with zero attached hydrogens (tertiary/aromatic N) is 2. The van der Waals surface area contributed by atoms with Crippen LogP contribution in [0.1, 0.15) is 42.8 Å². The van der Waals surface area contributed by atoms with Crippen LogP contribution in [0.2, 0.25) is 0 Å². The molecule has 7 heteroatoms. The number of piperidine rings is 1. The average molecular weight is 405 g/mol. The average Bonchev–Trinajstić information content (AvgIpc) is 3.11. The van der Waals surface area contributed by atoms with E-state index in [1.165, 1.54) is 0 Å². The molecule has 0 atom stereocenters. The van der Waals surface area contributed by atoms with Gasteiger partial charge in [0.2, 0.25) is 15.9 Å². The molecule has 1 aliphatic heterocycles. The van der Waals surface area contributed by atoms with Crippen LogP contribution in [0.5, 0.6) is 0 Å². The van der Waals surface area contributed by atoms with E-state index >= 15 is 0 Å². The summed E-state index contributed by atoms with van der Waals surface area (Å²) in [5, 5.41) is 0. The number of hydrogen-bond donors (Lipinski definition) is 0. The Morgan fingerprint density at radius 2 is 1.75 bits per heavy atom. The molecule has 0 spiro atoms. The summed E-state index contributed by atoms with van der Waals surface area (Å²) >= 11 is 0. The molecule has 1 saturated heterocycles. The maximum absolute atomic E-state index is 12.7. The van der Waals surface area contributed by atoms with Gasteiger partial charge in [0.1, 0.15) is 11.5 Å². The predicted molar refractivity (Wildman–Crippen MR) is 107 cm³/mol. The minimum Gasteiger partial charge on any atom is -0.464 e. The summed E-state index contributed by atoms with van der Waals surface area (Å²) in [4.78, 5) is 14.3.